The SMILES string of the molecule is CC/C=C\C/C=C\C/C=C\C/C=C\C/C=C\C/C=C\C/C=C\CCCC(=O)OC(CO)COC(=O)CCCCCCC/C=C\CCCC. The average molecular weight is 665 g/mol. The van der Waals surface area contributed by atoms with Crippen LogP contribution in [0.2, 0.25) is 0 Å². The maximum atomic E-state index is 12.1. The molecule has 0 aliphatic rings. The molecule has 0 aliphatic carbocycles. The van der Waals surface area contributed by atoms with Gasteiger partial charge in [-0.15, -0.1) is 0 Å². The zero-order chi connectivity index (χ0) is 35.0. The van der Waals surface area contributed by atoms with Gasteiger partial charge in [-0.2, -0.15) is 0 Å². The fourth-order valence-corrected chi connectivity index (χ4v) is 4.52. The summed E-state index contributed by atoms with van der Waals surface area (Å²) in [4.78, 5) is 24.1. The first-order chi connectivity index (χ1) is 23.6. The molecule has 1 atom stereocenters. The molecule has 0 saturated heterocycles. The average Bonchev–Trinajstić information content (AvgIpc) is 3.09. The van der Waals surface area contributed by atoms with E-state index in [9.17, 15) is 14.7 Å². The van der Waals surface area contributed by atoms with Crippen molar-refractivity contribution in [1.29, 1.82) is 0 Å². The highest BCUT2D eigenvalue weighted by atomic mass is 16.6. The zero-order valence-electron chi connectivity index (χ0n) is 30.5. The molecule has 0 radical (unpaired) electrons. The number of aliphatic hydroxyl groups is 1. The van der Waals surface area contributed by atoms with Crippen molar-refractivity contribution in [3.8, 4) is 0 Å². The second kappa shape index (κ2) is 38.3. The van der Waals surface area contributed by atoms with Crippen molar-refractivity contribution in [2.45, 2.75) is 148 Å². The third-order valence-corrected chi connectivity index (χ3v) is 7.36. The number of rotatable bonds is 32. The molecule has 1 unspecified atom stereocenters. The molecule has 5 nitrogen and oxygen atoms in total. The summed E-state index contributed by atoms with van der Waals surface area (Å²) in [7, 11) is 0. The molecule has 0 aliphatic heterocycles. The lowest BCUT2D eigenvalue weighted by Gasteiger charge is -2.15. The Kier molecular flexibility index (Phi) is 35.7. The number of ether oxygens (including phenoxy) is 2. The van der Waals surface area contributed by atoms with Crippen LogP contribution in [-0.4, -0.2) is 36.4 Å². The Hall–Kier alpha value is -3.18. The molecule has 0 aromatic carbocycles. The molecule has 0 aromatic rings. The molecule has 0 fully saturated rings. The van der Waals surface area contributed by atoms with Gasteiger partial charge in [0, 0.05) is 12.8 Å². The molecule has 5 heteroatoms. The van der Waals surface area contributed by atoms with Crippen LogP contribution in [-0.2, 0) is 19.1 Å². The molecule has 48 heavy (non-hydrogen) atoms. The van der Waals surface area contributed by atoms with E-state index in [4.69, 9.17) is 9.47 Å². The smallest absolute Gasteiger partial charge is 0.306 e. The van der Waals surface area contributed by atoms with Crippen LogP contribution >= 0.6 is 0 Å². The Bertz CT molecular complexity index is 979. The van der Waals surface area contributed by atoms with Crippen LogP contribution in [0.1, 0.15) is 142 Å². The van der Waals surface area contributed by atoms with Crippen LogP contribution in [0, 0.1) is 0 Å². The van der Waals surface area contributed by atoms with E-state index in [-0.39, 0.29) is 31.6 Å². The molecule has 0 rings (SSSR count). The number of hydrogen-bond acceptors (Lipinski definition) is 5. The molecule has 0 heterocycles. The van der Waals surface area contributed by atoms with Crippen molar-refractivity contribution in [3.63, 3.8) is 0 Å². The fraction of sp³-hybridized carbons (Fsp3) is 0.581. The van der Waals surface area contributed by atoms with Crippen LogP contribution in [0.15, 0.2) is 97.2 Å². The molecule has 0 amide bonds. The number of esters is 2. The molecule has 0 spiro atoms. The van der Waals surface area contributed by atoms with Gasteiger partial charge in [-0.05, 0) is 83.5 Å². The minimum Gasteiger partial charge on any atom is -0.462 e. The van der Waals surface area contributed by atoms with Gasteiger partial charge >= 0.3 is 11.9 Å². The van der Waals surface area contributed by atoms with Gasteiger partial charge in [-0.25, -0.2) is 0 Å². The first kappa shape index (κ1) is 44.8. The number of allylic oxidation sites excluding steroid dienone is 16. The first-order valence-electron chi connectivity index (χ1n) is 18.8. The van der Waals surface area contributed by atoms with E-state index in [1.807, 2.05) is 0 Å². The summed E-state index contributed by atoms with van der Waals surface area (Å²) in [5.74, 6) is -0.684. The van der Waals surface area contributed by atoms with Gasteiger partial charge < -0.3 is 14.6 Å². The second-order valence-electron chi connectivity index (χ2n) is 11.9. The molecule has 0 bridgehead atoms. The highest BCUT2D eigenvalue weighted by Gasteiger charge is 2.15. The summed E-state index contributed by atoms with van der Waals surface area (Å²) in [5, 5.41) is 9.52. The number of hydrogen-bond donors (Lipinski definition) is 1. The quantitative estimate of drug-likeness (QED) is 0.0440. The fourth-order valence-electron chi connectivity index (χ4n) is 4.52. The van der Waals surface area contributed by atoms with Crippen LogP contribution in [0.4, 0.5) is 0 Å². The highest BCUT2D eigenvalue weighted by Crippen LogP contribution is 2.10. The maximum absolute atomic E-state index is 12.1. The zero-order valence-corrected chi connectivity index (χ0v) is 30.5. The summed E-state index contributed by atoms with van der Waals surface area (Å²) in [6, 6.07) is 0. The summed E-state index contributed by atoms with van der Waals surface area (Å²) in [6.45, 7) is 3.90. The number of aliphatic hydroxyl groups excluding tert-OH is 1. The molecule has 0 saturated carbocycles. The summed E-state index contributed by atoms with van der Waals surface area (Å²) < 4.78 is 10.5. The molecule has 1 N–H and O–H groups in total. The molecule has 270 valence electrons. The third-order valence-electron chi connectivity index (χ3n) is 7.36. The first-order valence-corrected chi connectivity index (χ1v) is 18.8. The minimum absolute atomic E-state index is 0.0999. The van der Waals surface area contributed by atoms with Gasteiger partial charge in [0.25, 0.3) is 0 Å². The van der Waals surface area contributed by atoms with Crippen LogP contribution in [0.5, 0.6) is 0 Å². The summed E-state index contributed by atoms with van der Waals surface area (Å²) in [6.07, 6.45) is 53.3. The number of unbranched alkanes of at least 4 members (excludes halogenated alkanes) is 8. The molecular weight excluding hydrogens is 596 g/mol. The van der Waals surface area contributed by atoms with Crippen molar-refractivity contribution in [1.82, 2.24) is 0 Å². The van der Waals surface area contributed by atoms with Crippen molar-refractivity contribution in [2.75, 3.05) is 13.2 Å². The standard InChI is InChI=1S/C43H68O5/c1-3-5-7-9-11-13-15-16-17-18-19-20-21-22-23-24-25-26-28-30-32-34-36-38-43(46)48-41(39-44)40-47-42(45)37-35-33-31-29-27-14-12-10-8-6-4-2/h5,7,10-13,16-17,19-20,22-23,25-26,30,32,41,44H,3-4,6,8-9,14-15,18,21,24,27-29,31,33-40H2,1-2H3/b7-5-,12-10-,13-11-,17-16-,20-19-,23-22-,26-25-,32-30-. The Morgan fingerprint density at radius 1 is 0.500 bits per heavy atom. The van der Waals surface area contributed by atoms with E-state index in [1.165, 1.54) is 32.1 Å². The minimum atomic E-state index is -0.810. The van der Waals surface area contributed by atoms with Gasteiger partial charge in [0.15, 0.2) is 6.10 Å². The Morgan fingerprint density at radius 2 is 0.917 bits per heavy atom. The largest absolute Gasteiger partial charge is 0.462 e. The van der Waals surface area contributed by atoms with Crippen molar-refractivity contribution in [2.24, 2.45) is 0 Å². The Morgan fingerprint density at radius 3 is 1.44 bits per heavy atom. The highest BCUT2D eigenvalue weighted by molar-refractivity contribution is 5.70. The van der Waals surface area contributed by atoms with E-state index in [0.29, 0.717) is 12.8 Å². The lowest BCUT2D eigenvalue weighted by atomic mass is 10.1. The normalized spacial score (nSPS) is 13.3. The number of carbonyl (C=O) groups is 2. The van der Waals surface area contributed by atoms with E-state index in [0.717, 1.165) is 77.0 Å². The van der Waals surface area contributed by atoms with Crippen LogP contribution in [0.3, 0.4) is 0 Å². The molecular formula is C43H68O5. The monoisotopic (exact) mass is 665 g/mol. The summed E-state index contributed by atoms with van der Waals surface area (Å²) in [5.41, 5.74) is 0. The predicted molar refractivity (Wildman–Crippen MR) is 205 cm³/mol. The molecule has 0 aromatic heterocycles. The van der Waals surface area contributed by atoms with E-state index in [2.05, 4.69) is 111 Å². The maximum Gasteiger partial charge on any atom is 0.306 e. The summed E-state index contributed by atoms with van der Waals surface area (Å²) >= 11 is 0. The van der Waals surface area contributed by atoms with Gasteiger partial charge in [-0.3, -0.25) is 9.59 Å². The van der Waals surface area contributed by atoms with Crippen molar-refractivity contribution >= 4 is 11.9 Å². The van der Waals surface area contributed by atoms with Gasteiger partial charge in [0.05, 0.1) is 6.61 Å². The van der Waals surface area contributed by atoms with Gasteiger partial charge in [0.1, 0.15) is 6.61 Å². The van der Waals surface area contributed by atoms with Gasteiger partial charge in [-0.1, -0.05) is 143 Å². The Labute approximate surface area is 294 Å². The van der Waals surface area contributed by atoms with Crippen LogP contribution in [0.25, 0.3) is 0 Å². The predicted octanol–water partition coefficient (Wildman–Crippen LogP) is 11.7. The van der Waals surface area contributed by atoms with E-state index in [1.54, 1.807) is 0 Å². The van der Waals surface area contributed by atoms with E-state index >= 15 is 0 Å². The topological polar surface area (TPSA) is 72.8 Å². The lowest BCUT2D eigenvalue weighted by molar-refractivity contribution is -0.161. The third kappa shape index (κ3) is 35.7. The Balaban J connectivity index is 3.76. The van der Waals surface area contributed by atoms with E-state index < -0.39 is 6.10 Å². The lowest BCUT2D eigenvalue weighted by Crippen LogP contribution is -2.28. The van der Waals surface area contributed by atoms with Crippen molar-refractivity contribution in [3.05, 3.63) is 97.2 Å². The van der Waals surface area contributed by atoms with Crippen LogP contribution < -0.4 is 0 Å². The van der Waals surface area contributed by atoms with Gasteiger partial charge in [0.2, 0.25) is 0 Å². The number of carbonyl (C=O) groups excluding carboxylic acids is 2. The van der Waals surface area contributed by atoms with Crippen molar-refractivity contribution < 1.29 is 24.2 Å². The second-order valence-corrected chi connectivity index (χ2v) is 11.9.